The number of nitrogens with zero attached hydrogens (tertiary/aromatic N) is 5. The van der Waals surface area contributed by atoms with Gasteiger partial charge in [0, 0.05) is 45.6 Å². The Morgan fingerprint density at radius 1 is 1.11 bits per heavy atom. The normalized spacial score (nSPS) is 21.4. The number of likely N-dealkylation sites (tertiary alicyclic amines) is 1. The Labute approximate surface area is 180 Å². The molecule has 0 radical (unpaired) electrons. The van der Waals surface area contributed by atoms with E-state index in [4.69, 9.17) is 4.99 Å². The molecule has 1 aliphatic carbocycles. The van der Waals surface area contributed by atoms with Gasteiger partial charge in [-0.15, -0.1) is 34.2 Å². The zero-order chi connectivity index (χ0) is 17.8. The van der Waals surface area contributed by atoms with E-state index in [-0.39, 0.29) is 24.0 Å². The zero-order valence-electron chi connectivity index (χ0n) is 16.8. The van der Waals surface area contributed by atoms with Crippen LogP contribution in [0.1, 0.15) is 69.9 Å². The third kappa shape index (κ3) is 4.77. The standard InChI is InChI=1S/C20H34N6.HI/c1-2-21-19(25-15-12-20(16-25)10-7-11-20)22-13-6-9-18-24-23-17-8-4-3-5-14-26(17)18;/h2-16H2,1H3,(H,21,22);1H. The molecule has 1 saturated carbocycles. The number of halogens is 1. The molecule has 3 heterocycles. The first kappa shape index (κ1) is 20.9. The van der Waals surface area contributed by atoms with Gasteiger partial charge in [-0.2, -0.15) is 0 Å². The fourth-order valence-corrected chi connectivity index (χ4v) is 4.78. The number of hydrogen-bond donors (Lipinski definition) is 1. The van der Waals surface area contributed by atoms with Crippen LogP contribution in [0.5, 0.6) is 0 Å². The first-order valence-electron chi connectivity index (χ1n) is 10.7. The molecule has 0 unspecified atom stereocenters. The lowest BCUT2D eigenvalue weighted by molar-refractivity contribution is 0.151. The van der Waals surface area contributed by atoms with Crippen molar-refractivity contribution in [2.75, 3.05) is 26.2 Å². The smallest absolute Gasteiger partial charge is 0.193 e. The van der Waals surface area contributed by atoms with Gasteiger partial charge in [-0.1, -0.05) is 12.8 Å². The van der Waals surface area contributed by atoms with Gasteiger partial charge in [0.2, 0.25) is 0 Å². The lowest BCUT2D eigenvalue weighted by Crippen LogP contribution is -2.42. The summed E-state index contributed by atoms with van der Waals surface area (Å²) in [5, 5.41) is 12.4. The molecule has 6 nitrogen and oxygen atoms in total. The molecule has 4 rings (SSSR count). The third-order valence-electron chi connectivity index (χ3n) is 6.49. The number of fused-ring (bicyclic) bond motifs is 1. The monoisotopic (exact) mass is 486 g/mol. The van der Waals surface area contributed by atoms with Gasteiger partial charge >= 0.3 is 0 Å². The van der Waals surface area contributed by atoms with Crippen LogP contribution in [-0.2, 0) is 19.4 Å². The van der Waals surface area contributed by atoms with Crippen LogP contribution in [0.2, 0.25) is 0 Å². The van der Waals surface area contributed by atoms with Crippen LogP contribution < -0.4 is 5.32 Å². The molecule has 2 fully saturated rings. The molecule has 1 N–H and O–H groups in total. The van der Waals surface area contributed by atoms with Crippen LogP contribution in [0.25, 0.3) is 0 Å². The number of aromatic nitrogens is 3. The highest BCUT2D eigenvalue weighted by Gasteiger charge is 2.43. The quantitative estimate of drug-likeness (QED) is 0.300. The molecule has 1 spiro atoms. The summed E-state index contributed by atoms with van der Waals surface area (Å²) in [4.78, 5) is 7.42. The maximum atomic E-state index is 4.92. The van der Waals surface area contributed by atoms with Crippen molar-refractivity contribution in [2.45, 2.75) is 77.7 Å². The topological polar surface area (TPSA) is 58.3 Å². The maximum absolute atomic E-state index is 4.92. The van der Waals surface area contributed by atoms with Crippen molar-refractivity contribution in [2.24, 2.45) is 10.4 Å². The van der Waals surface area contributed by atoms with Gasteiger partial charge in [0.05, 0.1) is 0 Å². The molecule has 1 aromatic heterocycles. The van der Waals surface area contributed by atoms with Gasteiger partial charge in [-0.05, 0) is 50.9 Å². The van der Waals surface area contributed by atoms with E-state index in [1.807, 2.05) is 0 Å². The first-order chi connectivity index (χ1) is 12.8. The van der Waals surface area contributed by atoms with Crippen LogP contribution in [0.15, 0.2) is 4.99 Å². The Morgan fingerprint density at radius 2 is 2.00 bits per heavy atom. The number of aryl methyl sites for hydroxylation is 2. The fourth-order valence-electron chi connectivity index (χ4n) is 4.78. The highest BCUT2D eigenvalue weighted by atomic mass is 127. The summed E-state index contributed by atoms with van der Waals surface area (Å²) >= 11 is 0. The minimum absolute atomic E-state index is 0. The molecular weight excluding hydrogens is 451 g/mol. The number of nitrogens with one attached hydrogen (secondary N) is 1. The van der Waals surface area contributed by atoms with Crippen LogP contribution in [0.4, 0.5) is 0 Å². The molecule has 3 aliphatic rings. The van der Waals surface area contributed by atoms with Gasteiger partial charge in [-0.25, -0.2) is 0 Å². The molecule has 7 heteroatoms. The number of hydrogen-bond acceptors (Lipinski definition) is 3. The molecule has 152 valence electrons. The predicted octanol–water partition coefficient (Wildman–Crippen LogP) is 3.40. The van der Waals surface area contributed by atoms with E-state index < -0.39 is 0 Å². The summed E-state index contributed by atoms with van der Waals surface area (Å²) in [7, 11) is 0. The maximum Gasteiger partial charge on any atom is 0.193 e. The van der Waals surface area contributed by atoms with Gasteiger partial charge in [0.25, 0.3) is 0 Å². The minimum atomic E-state index is 0. The van der Waals surface area contributed by atoms with Crippen LogP contribution >= 0.6 is 24.0 Å². The van der Waals surface area contributed by atoms with Gasteiger partial charge in [0.1, 0.15) is 11.6 Å². The second kappa shape index (κ2) is 9.56. The van der Waals surface area contributed by atoms with E-state index in [0.29, 0.717) is 5.41 Å². The van der Waals surface area contributed by atoms with Crippen molar-refractivity contribution >= 4 is 29.9 Å². The lowest BCUT2D eigenvalue weighted by atomic mass is 9.68. The lowest BCUT2D eigenvalue weighted by Gasteiger charge is -2.38. The van der Waals surface area contributed by atoms with Crippen LogP contribution in [0.3, 0.4) is 0 Å². The predicted molar refractivity (Wildman–Crippen MR) is 120 cm³/mol. The van der Waals surface area contributed by atoms with E-state index in [1.165, 1.54) is 63.9 Å². The molecule has 1 saturated heterocycles. The van der Waals surface area contributed by atoms with Crippen molar-refractivity contribution in [3.8, 4) is 0 Å². The number of rotatable bonds is 5. The van der Waals surface area contributed by atoms with Crippen molar-refractivity contribution in [3.05, 3.63) is 11.6 Å². The fraction of sp³-hybridized carbons (Fsp3) is 0.850. The van der Waals surface area contributed by atoms with Crippen molar-refractivity contribution in [1.29, 1.82) is 0 Å². The molecule has 27 heavy (non-hydrogen) atoms. The summed E-state index contributed by atoms with van der Waals surface area (Å²) in [5.41, 5.74) is 0.620. The summed E-state index contributed by atoms with van der Waals surface area (Å²) < 4.78 is 2.36. The SMILES string of the molecule is CCNC(=NCCCc1nnc2n1CCCCC2)N1CCC2(CCC2)C1.I. The van der Waals surface area contributed by atoms with Crippen molar-refractivity contribution in [1.82, 2.24) is 25.0 Å². The Bertz CT molecular complexity index is 636. The highest BCUT2D eigenvalue weighted by molar-refractivity contribution is 14.0. The Kier molecular flexibility index (Phi) is 7.39. The molecule has 0 atom stereocenters. The number of aliphatic imine (C=N–C) groups is 1. The molecule has 2 aliphatic heterocycles. The van der Waals surface area contributed by atoms with Gasteiger partial charge < -0.3 is 14.8 Å². The highest BCUT2D eigenvalue weighted by Crippen LogP contribution is 2.47. The molecule has 1 aromatic rings. The van der Waals surface area contributed by atoms with E-state index in [9.17, 15) is 0 Å². The van der Waals surface area contributed by atoms with E-state index in [0.717, 1.165) is 50.7 Å². The first-order valence-corrected chi connectivity index (χ1v) is 10.7. The third-order valence-corrected chi connectivity index (χ3v) is 6.49. The van der Waals surface area contributed by atoms with Gasteiger partial charge in [-0.3, -0.25) is 4.99 Å². The molecule has 0 aromatic carbocycles. The second-order valence-electron chi connectivity index (χ2n) is 8.36. The number of guanidine groups is 1. The summed E-state index contributed by atoms with van der Waals surface area (Å²) in [6.45, 7) is 7.45. The van der Waals surface area contributed by atoms with Gasteiger partial charge in [0.15, 0.2) is 5.96 Å². The average Bonchev–Trinajstić information content (AvgIpc) is 3.16. The van der Waals surface area contributed by atoms with Crippen LogP contribution in [0, 0.1) is 5.41 Å². The van der Waals surface area contributed by atoms with E-state index in [1.54, 1.807) is 0 Å². The Hall–Kier alpha value is -0.860. The average molecular weight is 486 g/mol. The summed E-state index contributed by atoms with van der Waals surface area (Å²) in [6.07, 6.45) is 12.6. The molecular formula is C20H35IN6. The minimum Gasteiger partial charge on any atom is -0.357 e. The second-order valence-corrected chi connectivity index (χ2v) is 8.36. The summed E-state index contributed by atoms with van der Waals surface area (Å²) in [5.74, 6) is 3.48. The van der Waals surface area contributed by atoms with Crippen LogP contribution in [-0.4, -0.2) is 51.8 Å². The van der Waals surface area contributed by atoms with Crippen molar-refractivity contribution in [3.63, 3.8) is 0 Å². The Morgan fingerprint density at radius 3 is 2.74 bits per heavy atom. The molecule has 0 amide bonds. The van der Waals surface area contributed by atoms with E-state index in [2.05, 4.69) is 31.9 Å². The van der Waals surface area contributed by atoms with Crippen molar-refractivity contribution < 1.29 is 0 Å². The summed E-state index contributed by atoms with van der Waals surface area (Å²) in [6, 6.07) is 0. The van der Waals surface area contributed by atoms with E-state index >= 15 is 0 Å². The molecule has 0 bridgehead atoms. The Balaban J connectivity index is 0.00000210. The zero-order valence-corrected chi connectivity index (χ0v) is 19.1. The largest absolute Gasteiger partial charge is 0.357 e.